The molecule has 0 nitrogen and oxygen atoms in total. The van der Waals surface area contributed by atoms with Gasteiger partial charge in [0.05, 0.1) is 0 Å². The van der Waals surface area contributed by atoms with Crippen molar-refractivity contribution in [1.82, 2.24) is 0 Å². The monoisotopic (exact) mass is 798 g/mol. The molecule has 0 amide bonds. The van der Waals surface area contributed by atoms with Crippen molar-refractivity contribution in [3.8, 4) is 55.6 Å². The first-order valence-electron chi connectivity index (χ1n) is 21.7. The zero-order chi connectivity index (χ0) is 41.4. The number of hydrogen-bond acceptors (Lipinski definition) is 1. The van der Waals surface area contributed by atoms with Gasteiger partial charge in [-0.2, -0.15) is 12.6 Å². The van der Waals surface area contributed by atoms with Gasteiger partial charge in [-0.05, 0) is 152 Å². The highest BCUT2D eigenvalue weighted by atomic mass is 32.1. The van der Waals surface area contributed by atoms with Crippen LogP contribution in [0.4, 0.5) is 0 Å². The van der Waals surface area contributed by atoms with Crippen molar-refractivity contribution < 1.29 is 0 Å². The van der Waals surface area contributed by atoms with Crippen molar-refractivity contribution in [2.75, 3.05) is 0 Å². The highest BCUT2D eigenvalue weighted by Crippen LogP contribution is 2.55. The van der Waals surface area contributed by atoms with Gasteiger partial charge < -0.3 is 0 Å². The molecule has 1 unspecified atom stereocenters. The number of benzene rings is 10. The fourth-order valence-electron chi connectivity index (χ4n) is 11.5. The molecule has 0 saturated heterocycles. The molecule has 10 aromatic carbocycles. The fraction of sp³-hybridized carbons (Fsp3) is 0.133. The average Bonchev–Trinajstić information content (AvgIpc) is 3.67. The average molecular weight is 799 g/mol. The molecule has 0 heterocycles. The van der Waals surface area contributed by atoms with E-state index < -0.39 is 0 Å². The van der Waals surface area contributed by atoms with Crippen LogP contribution < -0.4 is 0 Å². The van der Waals surface area contributed by atoms with Gasteiger partial charge in [-0.3, -0.25) is 0 Å². The minimum Gasteiger partial charge on any atom is -0.171 e. The Morgan fingerprint density at radius 3 is 1.54 bits per heavy atom. The summed E-state index contributed by atoms with van der Waals surface area (Å²) in [5, 5.41) is 10.3. The molecule has 292 valence electrons. The Kier molecular flexibility index (Phi) is 7.79. The molecule has 0 spiro atoms. The Bertz CT molecular complexity index is 3450. The van der Waals surface area contributed by atoms with Crippen molar-refractivity contribution >= 4 is 55.7 Å². The van der Waals surface area contributed by atoms with Crippen molar-refractivity contribution in [3.05, 3.63) is 204 Å². The van der Waals surface area contributed by atoms with E-state index in [-0.39, 0.29) is 16.1 Å². The van der Waals surface area contributed by atoms with Gasteiger partial charge in [-0.1, -0.05) is 185 Å². The third-order valence-electron chi connectivity index (χ3n) is 14.5. The number of rotatable bonds is 4. The van der Waals surface area contributed by atoms with Gasteiger partial charge in [0.2, 0.25) is 0 Å². The zero-order valence-electron chi connectivity index (χ0n) is 35.3. The summed E-state index contributed by atoms with van der Waals surface area (Å²) in [7, 11) is 0. The Balaban J connectivity index is 1.06. The molecule has 10 aromatic rings. The van der Waals surface area contributed by atoms with Crippen LogP contribution in [-0.4, -0.2) is 0 Å². The van der Waals surface area contributed by atoms with E-state index >= 15 is 0 Å². The van der Waals surface area contributed by atoms with Crippen molar-refractivity contribution in [3.63, 3.8) is 0 Å². The topological polar surface area (TPSA) is 0 Å². The summed E-state index contributed by atoms with van der Waals surface area (Å²) in [4.78, 5) is 0. The summed E-state index contributed by atoms with van der Waals surface area (Å²) in [6, 6.07) is 66.5. The molecule has 0 aromatic heterocycles. The lowest BCUT2D eigenvalue weighted by Gasteiger charge is -2.24. The third-order valence-corrected chi connectivity index (χ3v) is 14.7. The van der Waals surface area contributed by atoms with Gasteiger partial charge in [0.25, 0.3) is 0 Å². The second-order valence-electron chi connectivity index (χ2n) is 18.5. The highest BCUT2D eigenvalue weighted by molar-refractivity contribution is 7.80. The van der Waals surface area contributed by atoms with Crippen LogP contribution >= 0.6 is 12.6 Å². The number of fused-ring (bicyclic) bond motifs is 12. The minimum absolute atomic E-state index is 0.00481. The molecular formula is C60H46S. The quantitative estimate of drug-likeness (QED) is 0.133. The second-order valence-corrected chi connectivity index (χ2v) is 19.3. The first kappa shape index (κ1) is 36.4. The fourth-order valence-corrected chi connectivity index (χ4v) is 11.7. The lowest BCUT2D eigenvalue weighted by molar-refractivity contribution is 0.661. The van der Waals surface area contributed by atoms with Crippen LogP contribution in [0, 0.1) is 0 Å². The minimum atomic E-state index is -0.125. The molecule has 0 radical (unpaired) electrons. The van der Waals surface area contributed by atoms with Crippen LogP contribution in [0.3, 0.4) is 0 Å². The molecule has 12 rings (SSSR count). The molecule has 2 aliphatic carbocycles. The van der Waals surface area contributed by atoms with Crippen LogP contribution in [0.25, 0.3) is 98.7 Å². The van der Waals surface area contributed by atoms with E-state index in [2.05, 4.69) is 211 Å². The second kappa shape index (κ2) is 13.0. The first-order valence-corrected chi connectivity index (χ1v) is 22.2. The van der Waals surface area contributed by atoms with Crippen LogP contribution in [0.1, 0.15) is 67.7 Å². The molecule has 0 fully saturated rings. The third kappa shape index (κ3) is 5.08. The number of thiol groups is 1. The van der Waals surface area contributed by atoms with Gasteiger partial charge in [0, 0.05) is 16.1 Å². The van der Waals surface area contributed by atoms with Gasteiger partial charge in [-0.15, -0.1) is 0 Å². The standard InChI is InChI=1S/C60H46S/c1-35(61)49-32-37(50-34-54-58(41-19-9-8-18-40(41)50)47-24-14-15-25-51(47)59(54,2)3)26-29-46(49)56-44-22-12-10-20-42(44)55(43-21-11-13-23-45(43)56)38-27-30-48-53(33-38)60(4,5)52-31-28-36-16-6-7-17-39(36)57(48)52/h6-35,61H,1-5H3. The molecule has 0 aliphatic heterocycles. The highest BCUT2D eigenvalue weighted by Gasteiger charge is 2.38. The first-order chi connectivity index (χ1) is 29.6. The van der Waals surface area contributed by atoms with E-state index in [0.717, 1.165) is 0 Å². The Labute approximate surface area is 364 Å². The number of hydrogen-bond donors (Lipinski definition) is 1. The van der Waals surface area contributed by atoms with Gasteiger partial charge in [0.1, 0.15) is 0 Å². The van der Waals surface area contributed by atoms with Crippen molar-refractivity contribution in [1.29, 1.82) is 0 Å². The SMILES string of the molecule is CC(S)c1cc(-c2cc3c(c4ccccc24)-c2ccccc2C3(C)C)ccc1-c1c2ccccc2c(-c2ccc3c(c2)C(C)(C)c2ccc4ccccc4c2-3)c2ccccc12. The summed E-state index contributed by atoms with van der Waals surface area (Å²) in [6.07, 6.45) is 0. The Morgan fingerprint density at radius 1 is 0.344 bits per heavy atom. The molecule has 0 saturated carbocycles. The summed E-state index contributed by atoms with van der Waals surface area (Å²) >= 11 is 5.23. The summed E-state index contributed by atoms with van der Waals surface area (Å²) in [6.45, 7) is 11.8. The van der Waals surface area contributed by atoms with E-state index in [0.29, 0.717) is 0 Å². The molecule has 1 atom stereocenters. The van der Waals surface area contributed by atoms with Crippen LogP contribution in [0.2, 0.25) is 0 Å². The largest absolute Gasteiger partial charge is 0.171 e. The molecule has 2 aliphatic rings. The molecule has 0 N–H and O–H groups in total. The summed E-state index contributed by atoms with van der Waals surface area (Å²) < 4.78 is 0. The maximum absolute atomic E-state index is 5.23. The Hall–Kier alpha value is -6.41. The smallest absolute Gasteiger partial charge is 0.0245 e. The summed E-state index contributed by atoms with van der Waals surface area (Å²) in [5.74, 6) is 0. The van der Waals surface area contributed by atoms with Crippen molar-refractivity contribution in [2.45, 2.75) is 50.7 Å². The molecule has 61 heavy (non-hydrogen) atoms. The van der Waals surface area contributed by atoms with E-state index in [1.54, 1.807) is 0 Å². The van der Waals surface area contributed by atoms with E-state index in [9.17, 15) is 0 Å². The lowest BCUT2D eigenvalue weighted by Crippen LogP contribution is -2.15. The molecular weight excluding hydrogens is 753 g/mol. The summed E-state index contributed by atoms with van der Waals surface area (Å²) in [5.41, 5.74) is 19.6. The molecule has 1 heteroatoms. The predicted octanol–water partition coefficient (Wildman–Crippen LogP) is 16.9. The lowest BCUT2D eigenvalue weighted by atomic mass is 9.79. The van der Waals surface area contributed by atoms with Crippen LogP contribution in [0.5, 0.6) is 0 Å². The van der Waals surface area contributed by atoms with Crippen molar-refractivity contribution in [2.24, 2.45) is 0 Å². The molecule has 0 bridgehead atoms. The van der Waals surface area contributed by atoms with Crippen LogP contribution in [0.15, 0.2) is 176 Å². The van der Waals surface area contributed by atoms with Crippen LogP contribution in [-0.2, 0) is 10.8 Å². The zero-order valence-corrected chi connectivity index (χ0v) is 36.2. The Morgan fingerprint density at radius 2 is 0.852 bits per heavy atom. The van der Waals surface area contributed by atoms with E-state index in [1.807, 2.05) is 0 Å². The predicted molar refractivity (Wildman–Crippen MR) is 265 cm³/mol. The maximum Gasteiger partial charge on any atom is 0.0245 e. The van der Waals surface area contributed by atoms with Gasteiger partial charge in [-0.25, -0.2) is 0 Å². The van der Waals surface area contributed by atoms with Gasteiger partial charge >= 0.3 is 0 Å². The van der Waals surface area contributed by atoms with E-state index in [4.69, 9.17) is 12.6 Å². The van der Waals surface area contributed by atoms with Gasteiger partial charge in [0.15, 0.2) is 0 Å². The van der Waals surface area contributed by atoms with E-state index in [1.165, 1.54) is 127 Å². The maximum atomic E-state index is 5.23. The normalized spacial score (nSPS) is 14.9.